The molecule has 0 spiro atoms. The van der Waals surface area contributed by atoms with E-state index in [2.05, 4.69) is 15.0 Å². The second-order valence-electron chi connectivity index (χ2n) is 2.97. The first-order valence-corrected chi connectivity index (χ1v) is 4.58. The Morgan fingerprint density at radius 3 is 2.88 bits per heavy atom. The first-order chi connectivity index (χ1) is 7.69. The molecule has 1 rings (SSSR count). The van der Waals surface area contributed by atoms with Gasteiger partial charge < -0.3 is 15.2 Å². The summed E-state index contributed by atoms with van der Waals surface area (Å²) in [7, 11) is 1.18. The molecular weight excluding hydrogens is 212 g/mol. The van der Waals surface area contributed by atoms with Gasteiger partial charge in [0.25, 0.3) is 5.91 Å². The molecule has 0 aliphatic rings. The summed E-state index contributed by atoms with van der Waals surface area (Å²) in [6, 6.07) is 2.09. The third kappa shape index (κ3) is 3.03. The van der Waals surface area contributed by atoms with Gasteiger partial charge >= 0.3 is 5.97 Å². The summed E-state index contributed by atoms with van der Waals surface area (Å²) in [4.78, 5) is 26.4. The van der Waals surface area contributed by atoms with Gasteiger partial charge in [-0.25, -0.2) is 4.79 Å². The Labute approximate surface area is 92.3 Å². The predicted octanol–water partition coefficient (Wildman–Crippen LogP) is -0.655. The van der Waals surface area contributed by atoms with Crippen LogP contribution < -0.4 is 5.32 Å². The summed E-state index contributed by atoms with van der Waals surface area (Å²) < 4.78 is 4.41. The van der Waals surface area contributed by atoms with Crippen molar-refractivity contribution in [2.24, 2.45) is 0 Å². The smallest absolute Gasteiger partial charge is 0.330 e. The molecule has 0 fully saturated rings. The lowest BCUT2D eigenvalue weighted by Crippen LogP contribution is -2.44. The Kier molecular flexibility index (Phi) is 4.41. The van der Waals surface area contributed by atoms with Gasteiger partial charge in [0.05, 0.1) is 19.3 Å². The van der Waals surface area contributed by atoms with Crippen molar-refractivity contribution >= 4 is 11.9 Å². The number of aliphatic hydroxyl groups excluding tert-OH is 1. The van der Waals surface area contributed by atoms with Crippen LogP contribution in [0.15, 0.2) is 24.5 Å². The van der Waals surface area contributed by atoms with Crippen LogP contribution in [0.3, 0.4) is 0 Å². The summed E-state index contributed by atoms with van der Waals surface area (Å²) in [5, 5.41) is 11.2. The zero-order valence-corrected chi connectivity index (χ0v) is 8.71. The quantitative estimate of drug-likeness (QED) is 0.663. The molecule has 2 N–H and O–H groups in total. The molecule has 0 saturated heterocycles. The summed E-state index contributed by atoms with van der Waals surface area (Å²) in [6.07, 6.45) is 2.89. The first-order valence-electron chi connectivity index (χ1n) is 4.58. The van der Waals surface area contributed by atoms with Gasteiger partial charge in [0, 0.05) is 12.4 Å². The molecule has 1 aromatic rings. The molecule has 1 atom stereocenters. The van der Waals surface area contributed by atoms with Gasteiger partial charge in [-0.2, -0.15) is 0 Å². The van der Waals surface area contributed by atoms with E-state index in [4.69, 9.17) is 5.11 Å². The predicted molar refractivity (Wildman–Crippen MR) is 54.6 cm³/mol. The van der Waals surface area contributed by atoms with Crippen molar-refractivity contribution in [1.29, 1.82) is 0 Å². The minimum Gasteiger partial charge on any atom is -0.467 e. The standard InChI is InChI=1S/C10H12N2O4/c1-16-10(15)8(6-13)12-9(14)7-3-2-4-11-5-7/h2-5,8,13H,6H2,1H3,(H,12,14). The molecule has 6 nitrogen and oxygen atoms in total. The van der Waals surface area contributed by atoms with Crippen molar-refractivity contribution in [2.45, 2.75) is 6.04 Å². The van der Waals surface area contributed by atoms with E-state index in [0.29, 0.717) is 5.56 Å². The number of hydrogen-bond acceptors (Lipinski definition) is 5. The fraction of sp³-hybridized carbons (Fsp3) is 0.300. The Bertz CT molecular complexity index is 366. The van der Waals surface area contributed by atoms with Gasteiger partial charge in [0.2, 0.25) is 0 Å². The summed E-state index contributed by atoms with van der Waals surface area (Å²) in [5.41, 5.74) is 0.310. The number of hydrogen-bond donors (Lipinski definition) is 2. The van der Waals surface area contributed by atoms with Gasteiger partial charge in [-0.3, -0.25) is 9.78 Å². The number of amides is 1. The maximum absolute atomic E-state index is 11.6. The third-order valence-corrected chi connectivity index (χ3v) is 1.90. The highest BCUT2D eigenvalue weighted by molar-refractivity contribution is 5.96. The highest BCUT2D eigenvalue weighted by Crippen LogP contribution is 1.97. The van der Waals surface area contributed by atoms with Crippen molar-refractivity contribution in [3.05, 3.63) is 30.1 Å². The third-order valence-electron chi connectivity index (χ3n) is 1.90. The number of nitrogens with one attached hydrogen (secondary N) is 1. The number of esters is 1. The lowest BCUT2D eigenvalue weighted by molar-refractivity contribution is -0.143. The molecule has 1 heterocycles. The number of aliphatic hydroxyl groups is 1. The lowest BCUT2D eigenvalue weighted by atomic mass is 10.2. The van der Waals surface area contributed by atoms with Crippen LogP contribution in [0, 0.1) is 0 Å². The monoisotopic (exact) mass is 224 g/mol. The minimum atomic E-state index is -1.06. The van der Waals surface area contributed by atoms with E-state index in [9.17, 15) is 9.59 Å². The van der Waals surface area contributed by atoms with Crippen LogP contribution in [-0.2, 0) is 9.53 Å². The molecule has 0 bridgehead atoms. The summed E-state index contributed by atoms with van der Waals surface area (Å²) >= 11 is 0. The molecule has 0 saturated carbocycles. The Morgan fingerprint density at radius 2 is 2.38 bits per heavy atom. The number of methoxy groups -OCH3 is 1. The van der Waals surface area contributed by atoms with E-state index in [-0.39, 0.29) is 0 Å². The average molecular weight is 224 g/mol. The number of pyridine rings is 1. The van der Waals surface area contributed by atoms with Gasteiger partial charge in [0.15, 0.2) is 6.04 Å². The molecule has 1 unspecified atom stereocenters. The van der Waals surface area contributed by atoms with Crippen LogP contribution in [-0.4, -0.2) is 41.7 Å². The average Bonchev–Trinajstić information content (AvgIpc) is 2.35. The zero-order chi connectivity index (χ0) is 12.0. The number of rotatable bonds is 4. The number of carbonyl (C=O) groups is 2. The second-order valence-corrected chi connectivity index (χ2v) is 2.97. The van der Waals surface area contributed by atoms with Gasteiger partial charge in [-0.05, 0) is 12.1 Å². The van der Waals surface area contributed by atoms with Crippen molar-refractivity contribution in [2.75, 3.05) is 13.7 Å². The molecular formula is C10H12N2O4. The number of nitrogens with zero attached hydrogens (tertiary/aromatic N) is 1. The van der Waals surface area contributed by atoms with Crippen molar-refractivity contribution < 1.29 is 19.4 Å². The fourth-order valence-electron chi connectivity index (χ4n) is 1.06. The van der Waals surface area contributed by atoms with Crippen molar-refractivity contribution in [3.8, 4) is 0 Å². The molecule has 0 aromatic carbocycles. The Balaban J connectivity index is 2.66. The maximum Gasteiger partial charge on any atom is 0.330 e. The molecule has 0 aliphatic heterocycles. The lowest BCUT2D eigenvalue weighted by Gasteiger charge is -2.13. The van der Waals surface area contributed by atoms with Gasteiger partial charge in [-0.1, -0.05) is 0 Å². The molecule has 1 amide bonds. The SMILES string of the molecule is COC(=O)C(CO)NC(=O)c1cccnc1. The van der Waals surface area contributed by atoms with E-state index in [1.165, 1.54) is 19.5 Å². The maximum atomic E-state index is 11.6. The molecule has 1 aromatic heterocycles. The molecule has 6 heteroatoms. The topological polar surface area (TPSA) is 88.5 Å². The highest BCUT2D eigenvalue weighted by Gasteiger charge is 2.20. The van der Waals surface area contributed by atoms with Crippen molar-refractivity contribution in [1.82, 2.24) is 10.3 Å². The van der Waals surface area contributed by atoms with Crippen LogP contribution in [0.25, 0.3) is 0 Å². The van der Waals surface area contributed by atoms with E-state index < -0.39 is 24.5 Å². The van der Waals surface area contributed by atoms with E-state index >= 15 is 0 Å². The summed E-state index contributed by atoms with van der Waals surface area (Å²) in [6.45, 7) is -0.515. The highest BCUT2D eigenvalue weighted by atomic mass is 16.5. The largest absolute Gasteiger partial charge is 0.467 e. The molecule has 0 aliphatic carbocycles. The second kappa shape index (κ2) is 5.82. The number of aromatic nitrogens is 1. The summed E-state index contributed by atoms with van der Waals surface area (Å²) in [5.74, 6) is -1.18. The van der Waals surface area contributed by atoms with Crippen LogP contribution >= 0.6 is 0 Å². The molecule has 86 valence electrons. The van der Waals surface area contributed by atoms with Crippen LogP contribution in [0.4, 0.5) is 0 Å². The van der Waals surface area contributed by atoms with Crippen LogP contribution in [0.2, 0.25) is 0 Å². The Hall–Kier alpha value is -1.95. The first kappa shape index (κ1) is 12.1. The van der Waals surface area contributed by atoms with Crippen LogP contribution in [0.5, 0.6) is 0 Å². The van der Waals surface area contributed by atoms with Gasteiger partial charge in [-0.15, -0.1) is 0 Å². The number of carbonyl (C=O) groups excluding carboxylic acids is 2. The zero-order valence-electron chi connectivity index (χ0n) is 8.71. The van der Waals surface area contributed by atoms with E-state index in [0.717, 1.165) is 0 Å². The van der Waals surface area contributed by atoms with E-state index in [1.54, 1.807) is 12.1 Å². The van der Waals surface area contributed by atoms with Gasteiger partial charge in [0.1, 0.15) is 0 Å². The minimum absolute atomic E-state index is 0.310. The van der Waals surface area contributed by atoms with Crippen molar-refractivity contribution in [3.63, 3.8) is 0 Å². The number of ether oxygens (including phenoxy) is 1. The molecule has 16 heavy (non-hydrogen) atoms. The molecule has 0 radical (unpaired) electrons. The van der Waals surface area contributed by atoms with Crippen LogP contribution in [0.1, 0.15) is 10.4 Å². The Morgan fingerprint density at radius 1 is 1.62 bits per heavy atom. The fourth-order valence-corrected chi connectivity index (χ4v) is 1.06. The normalized spacial score (nSPS) is 11.6. The van der Waals surface area contributed by atoms with E-state index in [1.807, 2.05) is 0 Å².